The fraction of sp³-hybridized carbons (Fsp3) is 0.400. The lowest BCUT2D eigenvalue weighted by Crippen LogP contribution is -2.50. The molecule has 0 saturated carbocycles. The molecule has 0 unspecified atom stereocenters. The van der Waals surface area contributed by atoms with Crippen molar-refractivity contribution in [2.75, 3.05) is 24.5 Å². The summed E-state index contributed by atoms with van der Waals surface area (Å²) in [5, 5.41) is 5.18. The van der Waals surface area contributed by atoms with E-state index in [1.165, 1.54) is 16.7 Å². The summed E-state index contributed by atoms with van der Waals surface area (Å²) in [6, 6.07) is 6.39. The number of carbonyl (C=O) groups is 1. The van der Waals surface area contributed by atoms with E-state index in [-0.39, 0.29) is 5.91 Å². The molecule has 1 aliphatic rings. The lowest BCUT2D eigenvalue weighted by Gasteiger charge is -2.35. The van der Waals surface area contributed by atoms with Crippen molar-refractivity contribution in [3.63, 3.8) is 0 Å². The molecule has 7 heteroatoms. The zero-order valence-corrected chi connectivity index (χ0v) is 16.2. The molecule has 0 aliphatic carbocycles. The monoisotopic (exact) mass is 364 g/mol. The third-order valence-electron chi connectivity index (χ3n) is 5.25. The summed E-state index contributed by atoms with van der Waals surface area (Å²) in [5.41, 5.74) is 4.50. The minimum absolute atomic E-state index is 0.118. The number of anilines is 1. The van der Waals surface area contributed by atoms with E-state index in [0.717, 1.165) is 23.4 Å². The minimum Gasteiger partial charge on any atom is -0.345 e. The molecule has 0 bridgehead atoms. The lowest BCUT2D eigenvalue weighted by atomic mass is 10.1. The highest BCUT2D eigenvalue weighted by atomic mass is 16.2. The number of carbonyl (C=O) groups excluding carboxylic acids is 1. The SMILES string of the molecule is Cc1nc(N2CCN(Cc3ccc(C)c(C)c3)C(=O)C2)c2cnn(C)c2n1. The van der Waals surface area contributed by atoms with Gasteiger partial charge in [-0.3, -0.25) is 9.48 Å². The standard InChI is InChI=1S/C20H24N6O/c1-13-5-6-16(9-14(13)2)11-25-7-8-26(12-18(25)27)20-17-10-21-24(4)19(17)22-15(3)23-20/h5-6,9-10H,7-8,11-12H2,1-4H3. The van der Waals surface area contributed by atoms with Crippen molar-refractivity contribution in [3.8, 4) is 0 Å². The van der Waals surface area contributed by atoms with Gasteiger partial charge in [-0.05, 0) is 37.5 Å². The predicted octanol–water partition coefficient (Wildman–Crippen LogP) is 2.14. The normalized spacial score (nSPS) is 15.0. The Hall–Kier alpha value is -2.96. The zero-order valence-electron chi connectivity index (χ0n) is 16.2. The Morgan fingerprint density at radius 2 is 1.89 bits per heavy atom. The lowest BCUT2D eigenvalue weighted by molar-refractivity contribution is -0.131. The van der Waals surface area contributed by atoms with Gasteiger partial charge in [-0.25, -0.2) is 9.97 Å². The molecule has 140 valence electrons. The summed E-state index contributed by atoms with van der Waals surface area (Å²) in [5.74, 6) is 1.60. The number of hydrogen-bond acceptors (Lipinski definition) is 5. The van der Waals surface area contributed by atoms with Crippen LogP contribution < -0.4 is 4.90 Å². The molecular weight excluding hydrogens is 340 g/mol. The molecule has 1 fully saturated rings. The average Bonchev–Trinajstić information content (AvgIpc) is 3.00. The number of hydrogen-bond donors (Lipinski definition) is 0. The number of aromatic nitrogens is 4. The van der Waals surface area contributed by atoms with Crippen LogP contribution in [-0.2, 0) is 18.4 Å². The van der Waals surface area contributed by atoms with Gasteiger partial charge < -0.3 is 9.80 Å². The largest absolute Gasteiger partial charge is 0.345 e. The van der Waals surface area contributed by atoms with E-state index < -0.39 is 0 Å². The second-order valence-corrected chi connectivity index (χ2v) is 7.26. The molecule has 1 saturated heterocycles. The van der Waals surface area contributed by atoms with Gasteiger partial charge in [0.2, 0.25) is 5.91 Å². The van der Waals surface area contributed by atoms with Crippen molar-refractivity contribution >= 4 is 22.8 Å². The van der Waals surface area contributed by atoms with Gasteiger partial charge in [-0.15, -0.1) is 0 Å². The number of benzene rings is 1. The molecule has 0 N–H and O–H groups in total. The summed E-state index contributed by atoms with van der Waals surface area (Å²) in [7, 11) is 1.87. The fourth-order valence-electron chi connectivity index (χ4n) is 3.53. The molecule has 1 aliphatic heterocycles. The van der Waals surface area contributed by atoms with Crippen LogP contribution in [0.3, 0.4) is 0 Å². The van der Waals surface area contributed by atoms with E-state index in [1.54, 1.807) is 10.9 Å². The maximum Gasteiger partial charge on any atom is 0.242 e. The van der Waals surface area contributed by atoms with Crippen LogP contribution in [0, 0.1) is 20.8 Å². The van der Waals surface area contributed by atoms with Gasteiger partial charge in [0.15, 0.2) is 5.65 Å². The molecule has 3 heterocycles. The first kappa shape index (κ1) is 17.5. The summed E-state index contributed by atoms with van der Waals surface area (Å²) < 4.78 is 1.74. The third kappa shape index (κ3) is 3.25. The maximum atomic E-state index is 12.8. The molecular formula is C20H24N6O. The molecule has 1 aromatic carbocycles. The van der Waals surface area contributed by atoms with Crippen molar-refractivity contribution in [3.05, 3.63) is 46.9 Å². The van der Waals surface area contributed by atoms with Crippen LogP contribution in [-0.4, -0.2) is 50.2 Å². The number of rotatable bonds is 3. The Labute approximate surface area is 158 Å². The Morgan fingerprint density at radius 1 is 1.07 bits per heavy atom. The summed E-state index contributed by atoms with van der Waals surface area (Å²) in [6.07, 6.45) is 1.77. The molecule has 0 radical (unpaired) electrons. The van der Waals surface area contributed by atoms with Crippen molar-refractivity contribution in [2.24, 2.45) is 7.05 Å². The second-order valence-electron chi connectivity index (χ2n) is 7.26. The topological polar surface area (TPSA) is 67.2 Å². The van der Waals surface area contributed by atoms with Gasteiger partial charge in [-0.1, -0.05) is 18.2 Å². The first-order chi connectivity index (χ1) is 12.9. The van der Waals surface area contributed by atoms with Gasteiger partial charge in [0.25, 0.3) is 0 Å². The predicted molar refractivity (Wildman–Crippen MR) is 105 cm³/mol. The van der Waals surface area contributed by atoms with Crippen LogP contribution >= 0.6 is 0 Å². The van der Waals surface area contributed by atoms with Crippen molar-refractivity contribution in [1.29, 1.82) is 0 Å². The van der Waals surface area contributed by atoms with Gasteiger partial charge in [0.05, 0.1) is 18.1 Å². The number of amides is 1. The van der Waals surface area contributed by atoms with Crippen LogP contribution in [0.5, 0.6) is 0 Å². The number of piperazine rings is 1. The molecule has 4 rings (SSSR count). The third-order valence-corrected chi connectivity index (χ3v) is 5.25. The minimum atomic E-state index is 0.118. The van der Waals surface area contributed by atoms with Crippen LogP contribution in [0.4, 0.5) is 5.82 Å². The maximum absolute atomic E-state index is 12.8. The first-order valence-corrected chi connectivity index (χ1v) is 9.17. The van der Waals surface area contributed by atoms with Crippen LogP contribution in [0.2, 0.25) is 0 Å². The smallest absolute Gasteiger partial charge is 0.242 e. The van der Waals surface area contributed by atoms with E-state index in [4.69, 9.17) is 0 Å². The molecule has 1 amide bonds. The van der Waals surface area contributed by atoms with Crippen LogP contribution in [0.15, 0.2) is 24.4 Å². The van der Waals surface area contributed by atoms with E-state index in [0.29, 0.717) is 25.5 Å². The van der Waals surface area contributed by atoms with E-state index >= 15 is 0 Å². The number of aryl methyl sites for hydroxylation is 4. The molecule has 0 spiro atoms. The van der Waals surface area contributed by atoms with E-state index in [9.17, 15) is 4.79 Å². The molecule has 7 nitrogen and oxygen atoms in total. The first-order valence-electron chi connectivity index (χ1n) is 9.17. The summed E-state index contributed by atoms with van der Waals surface area (Å²) in [6.45, 7) is 8.48. The highest BCUT2D eigenvalue weighted by Gasteiger charge is 2.27. The zero-order chi connectivity index (χ0) is 19.1. The molecule has 3 aromatic rings. The summed E-state index contributed by atoms with van der Waals surface area (Å²) >= 11 is 0. The van der Waals surface area contributed by atoms with E-state index in [2.05, 4.69) is 47.1 Å². The molecule has 27 heavy (non-hydrogen) atoms. The molecule has 0 atom stereocenters. The Morgan fingerprint density at radius 3 is 2.63 bits per heavy atom. The molecule has 2 aromatic heterocycles. The number of nitrogens with zero attached hydrogens (tertiary/aromatic N) is 6. The Bertz CT molecular complexity index is 1020. The Kier molecular flexibility index (Phi) is 4.30. The van der Waals surface area contributed by atoms with E-state index in [1.807, 2.05) is 23.8 Å². The van der Waals surface area contributed by atoms with Crippen molar-refractivity contribution in [2.45, 2.75) is 27.3 Å². The quantitative estimate of drug-likeness (QED) is 0.712. The van der Waals surface area contributed by atoms with Crippen molar-refractivity contribution in [1.82, 2.24) is 24.6 Å². The highest BCUT2D eigenvalue weighted by molar-refractivity contribution is 5.90. The number of fused-ring (bicyclic) bond motifs is 1. The van der Waals surface area contributed by atoms with Gasteiger partial charge in [0.1, 0.15) is 11.6 Å². The van der Waals surface area contributed by atoms with Crippen LogP contribution in [0.25, 0.3) is 11.0 Å². The second kappa shape index (κ2) is 6.64. The Balaban J connectivity index is 1.54. The highest BCUT2D eigenvalue weighted by Crippen LogP contribution is 2.25. The van der Waals surface area contributed by atoms with Gasteiger partial charge in [0, 0.05) is 26.7 Å². The fourth-order valence-corrected chi connectivity index (χ4v) is 3.53. The van der Waals surface area contributed by atoms with Gasteiger partial charge in [-0.2, -0.15) is 5.10 Å². The van der Waals surface area contributed by atoms with Gasteiger partial charge >= 0.3 is 0 Å². The van der Waals surface area contributed by atoms with Crippen LogP contribution in [0.1, 0.15) is 22.5 Å². The van der Waals surface area contributed by atoms with Crippen molar-refractivity contribution < 1.29 is 4.79 Å². The average molecular weight is 364 g/mol. The summed E-state index contributed by atoms with van der Waals surface area (Å²) in [4.78, 5) is 25.8.